The highest BCUT2D eigenvalue weighted by Crippen LogP contribution is 2.34. The summed E-state index contributed by atoms with van der Waals surface area (Å²) in [5, 5.41) is 12.3. The summed E-state index contributed by atoms with van der Waals surface area (Å²) < 4.78 is 20.5. The van der Waals surface area contributed by atoms with E-state index in [4.69, 9.17) is 9.84 Å². The van der Waals surface area contributed by atoms with Crippen molar-refractivity contribution >= 4 is 33.4 Å². The van der Waals surface area contributed by atoms with Gasteiger partial charge in [-0.05, 0) is 72.1 Å². The van der Waals surface area contributed by atoms with Gasteiger partial charge in [0.15, 0.2) is 6.23 Å². The van der Waals surface area contributed by atoms with Gasteiger partial charge in [-0.25, -0.2) is 4.39 Å². The number of carbonyl (C=O) groups excluding carboxylic acids is 2. The summed E-state index contributed by atoms with van der Waals surface area (Å²) in [6.07, 6.45) is 0.212. The van der Waals surface area contributed by atoms with Gasteiger partial charge in [0.05, 0.1) is 12.1 Å². The maximum Gasteiger partial charge on any atom is 0.251 e. The predicted octanol–water partition coefficient (Wildman–Crippen LogP) is 4.43. The second-order valence-corrected chi connectivity index (χ2v) is 9.84. The van der Waals surface area contributed by atoms with E-state index < -0.39 is 6.23 Å². The average Bonchev–Trinajstić information content (AvgIpc) is 3.59. The van der Waals surface area contributed by atoms with Crippen LogP contribution in [-0.4, -0.2) is 44.9 Å². The minimum absolute atomic E-state index is 0.0162. The van der Waals surface area contributed by atoms with E-state index in [0.717, 1.165) is 27.0 Å². The van der Waals surface area contributed by atoms with E-state index in [1.165, 1.54) is 16.9 Å². The number of hydrogen-bond acceptors (Lipinski definition) is 5. The van der Waals surface area contributed by atoms with E-state index in [0.29, 0.717) is 36.3 Å². The average molecular weight is 562 g/mol. The molecule has 3 heterocycles. The molecule has 4 aromatic rings. The third-order valence-corrected chi connectivity index (χ3v) is 6.99. The summed E-state index contributed by atoms with van der Waals surface area (Å²) in [6.45, 7) is 0.323. The Balaban J connectivity index is 1.32. The van der Waals surface area contributed by atoms with Crippen molar-refractivity contribution in [1.82, 2.24) is 19.9 Å². The van der Waals surface area contributed by atoms with Crippen LogP contribution in [0.5, 0.6) is 0 Å². The van der Waals surface area contributed by atoms with Gasteiger partial charge in [-0.3, -0.25) is 9.59 Å². The van der Waals surface area contributed by atoms with Crippen molar-refractivity contribution in [3.8, 4) is 16.9 Å². The standard InChI is InChI=1S/C27H21BrFN5O3/c28-19-5-9-21(10-6-19)34-31-25(17-3-7-20(29)8-4-17)26(32-34)27-33(24(36)15-37-27)12-11-16-1-2-18-14-23(35)30-22(18)13-16/h1-10,13,27H,11-12,14-15H2,(H,30,35)/t27-/m0/s1. The molecule has 1 atom stereocenters. The van der Waals surface area contributed by atoms with Crippen LogP contribution in [0.15, 0.2) is 71.2 Å². The molecule has 3 aromatic carbocycles. The van der Waals surface area contributed by atoms with Gasteiger partial charge in [-0.1, -0.05) is 28.1 Å². The largest absolute Gasteiger partial charge is 0.342 e. The number of nitrogens with one attached hydrogen (secondary N) is 1. The maximum absolute atomic E-state index is 13.6. The van der Waals surface area contributed by atoms with Gasteiger partial charge in [-0.2, -0.15) is 4.80 Å². The number of amides is 2. The molecular formula is C27H21BrFN5O3. The number of aromatic nitrogens is 3. The zero-order valence-corrected chi connectivity index (χ0v) is 21.1. The van der Waals surface area contributed by atoms with Gasteiger partial charge in [0.25, 0.3) is 5.91 Å². The van der Waals surface area contributed by atoms with E-state index in [2.05, 4.69) is 26.3 Å². The Kier molecular flexibility index (Phi) is 6.05. The van der Waals surface area contributed by atoms with Gasteiger partial charge in [0, 0.05) is 22.3 Å². The van der Waals surface area contributed by atoms with E-state index in [1.807, 2.05) is 42.5 Å². The molecule has 2 aliphatic rings. The molecule has 37 heavy (non-hydrogen) atoms. The fourth-order valence-electron chi connectivity index (χ4n) is 4.58. The van der Waals surface area contributed by atoms with Crippen molar-refractivity contribution in [2.75, 3.05) is 18.5 Å². The second-order valence-electron chi connectivity index (χ2n) is 8.92. The number of carbonyl (C=O) groups is 2. The first kappa shape index (κ1) is 23.5. The van der Waals surface area contributed by atoms with Crippen LogP contribution < -0.4 is 5.32 Å². The first-order valence-electron chi connectivity index (χ1n) is 11.8. The van der Waals surface area contributed by atoms with Crippen LogP contribution >= 0.6 is 15.9 Å². The van der Waals surface area contributed by atoms with Crippen molar-refractivity contribution < 1.29 is 18.7 Å². The lowest BCUT2D eigenvalue weighted by atomic mass is 10.1. The van der Waals surface area contributed by atoms with Crippen molar-refractivity contribution in [2.24, 2.45) is 0 Å². The molecule has 0 bridgehead atoms. The third kappa shape index (κ3) is 4.65. The number of halogens is 2. The molecule has 0 aliphatic carbocycles. The van der Waals surface area contributed by atoms with Gasteiger partial charge in [0.1, 0.15) is 23.8 Å². The first-order valence-corrected chi connectivity index (χ1v) is 12.6. The number of nitrogens with zero attached hydrogens (tertiary/aromatic N) is 4. The number of ether oxygens (including phenoxy) is 1. The van der Waals surface area contributed by atoms with E-state index in [1.54, 1.807) is 17.0 Å². The Hall–Kier alpha value is -3.89. The topological polar surface area (TPSA) is 89.4 Å². The quantitative estimate of drug-likeness (QED) is 0.376. The highest BCUT2D eigenvalue weighted by molar-refractivity contribution is 9.10. The monoisotopic (exact) mass is 561 g/mol. The summed E-state index contributed by atoms with van der Waals surface area (Å²) in [5.74, 6) is -0.523. The molecule has 0 radical (unpaired) electrons. The molecule has 0 spiro atoms. The molecule has 0 unspecified atom stereocenters. The Bertz CT molecular complexity index is 1500. The van der Waals surface area contributed by atoms with Crippen molar-refractivity contribution in [3.05, 3.63) is 93.8 Å². The number of anilines is 1. The Morgan fingerprint density at radius 1 is 1.03 bits per heavy atom. The van der Waals surface area contributed by atoms with Crippen molar-refractivity contribution in [2.45, 2.75) is 19.1 Å². The fourth-order valence-corrected chi connectivity index (χ4v) is 4.84. The molecule has 0 saturated carbocycles. The van der Waals surface area contributed by atoms with Crippen LogP contribution in [0.1, 0.15) is 23.0 Å². The highest BCUT2D eigenvalue weighted by atomic mass is 79.9. The number of benzene rings is 3. The molecule has 8 nitrogen and oxygen atoms in total. The van der Waals surface area contributed by atoms with Crippen LogP contribution in [0.4, 0.5) is 10.1 Å². The summed E-state index contributed by atoms with van der Waals surface area (Å²) in [6, 6.07) is 19.4. The lowest BCUT2D eigenvalue weighted by Crippen LogP contribution is -2.31. The minimum Gasteiger partial charge on any atom is -0.342 e. The summed E-state index contributed by atoms with van der Waals surface area (Å²) in [4.78, 5) is 27.7. The molecule has 1 fully saturated rings. The maximum atomic E-state index is 13.6. The predicted molar refractivity (Wildman–Crippen MR) is 137 cm³/mol. The smallest absolute Gasteiger partial charge is 0.251 e. The first-order chi connectivity index (χ1) is 17.9. The zero-order valence-electron chi connectivity index (χ0n) is 19.5. The fraction of sp³-hybridized carbons (Fsp3) is 0.185. The molecule has 1 N–H and O–H groups in total. The number of hydrogen-bond donors (Lipinski definition) is 1. The van der Waals surface area contributed by atoms with Gasteiger partial charge < -0.3 is 15.0 Å². The van der Waals surface area contributed by atoms with Crippen LogP contribution in [0.3, 0.4) is 0 Å². The van der Waals surface area contributed by atoms with Crippen LogP contribution in [-0.2, 0) is 27.2 Å². The minimum atomic E-state index is -0.745. The molecule has 2 amide bonds. The summed E-state index contributed by atoms with van der Waals surface area (Å²) >= 11 is 3.43. The van der Waals surface area contributed by atoms with Crippen LogP contribution in [0.25, 0.3) is 16.9 Å². The van der Waals surface area contributed by atoms with E-state index in [9.17, 15) is 14.0 Å². The summed E-state index contributed by atoms with van der Waals surface area (Å²) in [7, 11) is 0. The molecular weight excluding hydrogens is 541 g/mol. The second kappa shape index (κ2) is 9.53. The SMILES string of the molecule is O=C1Cc2ccc(CCN3C(=O)CO[C@H]3c3nn(-c4ccc(Br)cc4)nc3-c3ccc(F)cc3)cc2N1. The Morgan fingerprint density at radius 3 is 2.59 bits per heavy atom. The lowest BCUT2D eigenvalue weighted by molar-refractivity contribution is -0.128. The third-order valence-electron chi connectivity index (χ3n) is 6.46. The normalized spacial score (nSPS) is 16.8. The van der Waals surface area contributed by atoms with Crippen molar-refractivity contribution in [1.29, 1.82) is 0 Å². The van der Waals surface area contributed by atoms with Crippen LogP contribution in [0, 0.1) is 5.82 Å². The van der Waals surface area contributed by atoms with Crippen molar-refractivity contribution in [3.63, 3.8) is 0 Å². The van der Waals surface area contributed by atoms with Crippen LogP contribution in [0.2, 0.25) is 0 Å². The Labute approximate surface area is 220 Å². The molecule has 2 aliphatic heterocycles. The summed E-state index contributed by atoms with van der Waals surface area (Å²) in [5.41, 5.74) is 5.16. The zero-order chi connectivity index (χ0) is 25.5. The molecule has 1 aromatic heterocycles. The number of fused-ring (bicyclic) bond motifs is 1. The van der Waals surface area contributed by atoms with Gasteiger partial charge in [0.2, 0.25) is 5.91 Å². The number of rotatable bonds is 6. The van der Waals surface area contributed by atoms with E-state index in [-0.39, 0.29) is 24.2 Å². The van der Waals surface area contributed by atoms with E-state index >= 15 is 0 Å². The van der Waals surface area contributed by atoms with Gasteiger partial charge >= 0.3 is 0 Å². The molecule has 186 valence electrons. The molecule has 1 saturated heterocycles. The Morgan fingerprint density at radius 2 is 1.81 bits per heavy atom. The molecule has 6 rings (SSSR count). The highest BCUT2D eigenvalue weighted by Gasteiger charge is 2.37. The lowest BCUT2D eigenvalue weighted by Gasteiger charge is -2.22. The van der Waals surface area contributed by atoms with Gasteiger partial charge in [-0.15, -0.1) is 10.2 Å². The molecule has 10 heteroatoms.